The van der Waals surface area contributed by atoms with Gasteiger partial charge in [-0.15, -0.1) is 0 Å². The summed E-state index contributed by atoms with van der Waals surface area (Å²) in [7, 11) is 0. The lowest BCUT2D eigenvalue weighted by atomic mass is 10.2. The van der Waals surface area contributed by atoms with Gasteiger partial charge in [0.05, 0.1) is 17.0 Å². The van der Waals surface area contributed by atoms with Gasteiger partial charge in [0.2, 0.25) is 0 Å². The first-order chi connectivity index (χ1) is 10.6. The fraction of sp³-hybridized carbons (Fsp3) is 0. The van der Waals surface area contributed by atoms with E-state index in [1.165, 1.54) is 0 Å². The average Bonchev–Trinajstić information content (AvgIpc) is 2.95. The number of hydrogen-bond acceptors (Lipinski definition) is 1. The van der Waals surface area contributed by atoms with Crippen molar-refractivity contribution in [1.29, 1.82) is 0 Å². The average molecular weight is 394 g/mol. The molecule has 22 heavy (non-hydrogen) atoms. The van der Waals surface area contributed by atoms with Crippen molar-refractivity contribution in [3.05, 3.63) is 75.1 Å². The van der Waals surface area contributed by atoms with Gasteiger partial charge in [0.15, 0.2) is 0 Å². The molecule has 3 aromatic rings. The van der Waals surface area contributed by atoms with Crippen LogP contribution < -0.4 is 0 Å². The van der Waals surface area contributed by atoms with Crippen molar-refractivity contribution in [2.24, 2.45) is 0 Å². The first-order valence-corrected chi connectivity index (χ1v) is 8.09. The third-order valence-electron chi connectivity index (χ3n) is 3.12. The van der Waals surface area contributed by atoms with Gasteiger partial charge in [-0.05, 0) is 42.0 Å². The smallest absolute Gasteiger partial charge is 0.0994 e. The molecule has 0 saturated heterocycles. The summed E-state index contributed by atoms with van der Waals surface area (Å²) >= 11 is 15.5. The van der Waals surface area contributed by atoms with Gasteiger partial charge in [0, 0.05) is 27.5 Å². The number of nitrogens with zero attached hydrogens (tertiary/aromatic N) is 2. The first-order valence-electron chi connectivity index (χ1n) is 6.54. The number of rotatable bonds is 3. The van der Waals surface area contributed by atoms with E-state index in [0.29, 0.717) is 10.0 Å². The standard InChI is InChI=1S/C17H11BrCl2N2/c18-13-3-1-12(2-4-13)7-8-22-10-17(21-11-22)15-6-5-14(19)9-16(15)20/h1-11H/b8-7+. The lowest BCUT2D eigenvalue weighted by molar-refractivity contribution is 1.14. The summed E-state index contributed by atoms with van der Waals surface area (Å²) in [6.07, 6.45) is 7.63. The Labute approximate surface area is 147 Å². The highest BCUT2D eigenvalue weighted by molar-refractivity contribution is 9.10. The van der Waals surface area contributed by atoms with E-state index in [1.54, 1.807) is 18.5 Å². The number of hydrogen-bond donors (Lipinski definition) is 0. The predicted molar refractivity (Wildman–Crippen MR) is 97.0 cm³/mol. The predicted octanol–water partition coefficient (Wildman–Crippen LogP) is 6.25. The molecular formula is C17H11BrCl2N2. The van der Waals surface area contributed by atoms with Crippen LogP contribution in [0.5, 0.6) is 0 Å². The molecule has 2 nitrogen and oxygen atoms in total. The van der Waals surface area contributed by atoms with E-state index >= 15 is 0 Å². The fourth-order valence-corrected chi connectivity index (χ4v) is 2.77. The third kappa shape index (κ3) is 3.61. The lowest BCUT2D eigenvalue weighted by Gasteiger charge is -2.00. The monoisotopic (exact) mass is 392 g/mol. The molecule has 1 aromatic heterocycles. The topological polar surface area (TPSA) is 17.8 Å². The number of halogens is 3. The summed E-state index contributed by atoms with van der Waals surface area (Å²) in [4.78, 5) is 4.38. The maximum Gasteiger partial charge on any atom is 0.0994 e. The van der Waals surface area contributed by atoms with Crippen molar-refractivity contribution in [1.82, 2.24) is 9.55 Å². The van der Waals surface area contributed by atoms with Crippen LogP contribution in [0.2, 0.25) is 10.0 Å². The fourth-order valence-electron chi connectivity index (χ4n) is 2.00. The summed E-state index contributed by atoms with van der Waals surface area (Å²) in [5.74, 6) is 0. The summed E-state index contributed by atoms with van der Waals surface area (Å²) in [5, 5.41) is 1.21. The molecule has 0 radical (unpaired) electrons. The minimum absolute atomic E-state index is 0.592. The molecule has 0 aliphatic heterocycles. The van der Waals surface area contributed by atoms with Crippen molar-refractivity contribution in [3.8, 4) is 11.3 Å². The Morgan fingerprint density at radius 3 is 2.55 bits per heavy atom. The quantitative estimate of drug-likeness (QED) is 0.514. The number of benzene rings is 2. The lowest BCUT2D eigenvalue weighted by Crippen LogP contribution is -1.80. The van der Waals surface area contributed by atoms with Crippen LogP contribution in [0, 0.1) is 0 Å². The molecule has 0 amide bonds. The molecule has 0 aliphatic carbocycles. The Hall–Kier alpha value is -1.55. The van der Waals surface area contributed by atoms with Gasteiger partial charge in [-0.2, -0.15) is 0 Å². The maximum absolute atomic E-state index is 6.20. The van der Waals surface area contributed by atoms with Gasteiger partial charge in [-0.25, -0.2) is 4.98 Å². The van der Waals surface area contributed by atoms with Crippen LogP contribution in [0.3, 0.4) is 0 Å². The Kier molecular flexibility index (Phi) is 4.67. The Morgan fingerprint density at radius 2 is 1.82 bits per heavy atom. The normalized spacial score (nSPS) is 11.2. The molecule has 0 atom stereocenters. The zero-order valence-corrected chi connectivity index (χ0v) is 14.5. The Bertz CT molecular complexity index is 823. The molecule has 0 aliphatic rings. The molecule has 0 saturated carbocycles. The summed E-state index contributed by atoms with van der Waals surface area (Å²) in [6, 6.07) is 13.5. The van der Waals surface area contributed by atoms with Crippen LogP contribution in [0.25, 0.3) is 23.5 Å². The molecular weight excluding hydrogens is 383 g/mol. The van der Waals surface area contributed by atoms with Gasteiger partial charge < -0.3 is 4.57 Å². The minimum Gasteiger partial charge on any atom is -0.312 e. The van der Waals surface area contributed by atoms with Crippen molar-refractivity contribution in [2.75, 3.05) is 0 Å². The van der Waals surface area contributed by atoms with Gasteiger partial charge in [0.25, 0.3) is 0 Å². The van der Waals surface area contributed by atoms with Crippen LogP contribution >= 0.6 is 39.1 Å². The Balaban J connectivity index is 1.83. The molecule has 0 N–H and O–H groups in total. The third-order valence-corrected chi connectivity index (χ3v) is 4.19. The van der Waals surface area contributed by atoms with Crippen molar-refractivity contribution >= 4 is 51.4 Å². The highest BCUT2D eigenvalue weighted by Crippen LogP contribution is 2.29. The molecule has 2 aromatic carbocycles. The van der Waals surface area contributed by atoms with Crippen molar-refractivity contribution in [3.63, 3.8) is 0 Å². The second kappa shape index (κ2) is 6.69. The molecule has 3 rings (SSSR count). The molecule has 0 spiro atoms. The summed E-state index contributed by atoms with van der Waals surface area (Å²) < 4.78 is 2.95. The van der Waals surface area contributed by atoms with Crippen LogP contribution in [0.15, 0.2) is 59.5 Å². The largest absolute Gasteiger partial charge is 0.312 e. The number of imidazole rings is 1. The molecule has 0 unspecified atom stereocenters. The number of aromatic nitrogens is 2. The SMILES string of the molecule is Clc1ccc(-c2cn(/C=C/c3ccc(Br)cc3)cn2)c(Cl)c1. The highest BCUT2D eigenvalue weighted by Gasteiger charge is 2.06. The second-order valence-corrected chi connectivity index (χ2v) is 6.46. The van der Waals surface area contributed by atoms with Gasteiger partial charge in [-0.3, -0.25) is 0 Å². The summed E-state index contributed by atoms with van der Waals surface area (Å²) in [6.45, 7) is 0. The van der Waals surface area contributed by atoms with Crippen LogP contribution in [0.1, 0.15) is 5.56 Å². The molecule has 0 bridgehead atoms. The van der Waals surface area contributed by atoms with Crippen LogP contribution in [-0.2, 0) is 0 Å². The zero-order valence-electron chi connectivity index (χ0n) is 11.4. The van der Waals surface area contributed by atoms with Crippen molar-refractivity contribution in [2.45, 2.75) is 0 Å². The molecule has 110 valence electrons. The maximum atomic E-state index is 6.20. The van der Waals surface area contributed by atoms with E-state index in [1.807, 2.05) is 53.4 Å². The van der Waals surface area contributed by atoms with E-state index in [4.69, 9.17) is 23.2 Å². The minimum atomic E-state index is 0.592. The van der Waals surface area contributed by atoms with E-state index in [2.05, 4.69) is 20.9 Å². The molecule has 1 heterocycles. The molecule has 0 fully saturated rings. The van der Waals surface area contributed by atoms with Gasteiger partial charge in [-0.1, -0.05) is 51.3 Å². The van der Waals surface area contributed by atoms with Gasteiger partial charge in [0.1, 0.15) is 0 Å². The van der Waals surface area contributed by atoms with E-state index in [9.17, 15) is 0 Å². The van der Waals surface area contributed by atoms with E-state index < -0.39 is 0 Å². The zero-order chi connectivity index (χ0) is 15.5. The summed E-state index contributed by atoms with van der Waals surface area (Å²) in [5.41, 5.74) is 2.78. The van der Waals surface area contributed by atoms with E-state index in [0.717, 1.165) is 21.3 Å². The Morgan fingerprint density at radius 1 is 1.05 bits per heavy atom. The van der Waals surface area contributed by atoms with Gasteiger partial charge >= 0.3 is 0 Å². The highest BCUT2D eigenvalue weighted by atomic mass is 79.9. The van der Waals surface area contributed by atoms with Crippen LogP contribution in [-0.4, -0.2) is 9.55 Å². The molecule has 5 heteroatoms. The first kappa shape index (κ1) is 15.3. The van der Waals surface area contributed by atoms with Crippen LogP contribution in [0.4, 0.5) is 0 Å². The van der Waals surface area contributed by atoms with Crippen molar-refractivity contribution < 1.29 is 0 Å². The van der Waals surface area contributed by atoms with E-state index in [-0.39, 0.29) is 0 Å². The second-order valence-electron chi connectivity index (χ2n) is 4.70.